The highest BCUT2D eigenvalue weighted by Gasteiger charge is 2.56. The molecule has 0 bridgehead atoms. The number of ether oxygens (including phenoxy) is 2. The minimum atomic E-state index is -0.573. The van der Waals surface area contributed by atoms with Crippen LogP contribution in [0.25, 0.3) is 0 Å². The zero-order valence-electron chi connectivity index (χ0n) is 12.7. The van der Waals surface area contributed by atoms with Crippen molar-refractivity contribution in [3.8, 4) is 0 Å². The van der Waals surface area contributed by atoms with Gasteiger partial charge in [0.25, 0.3) is 0 Å². The molecule has 2 atom stereocenters. The predicted octanol–water partition coefficient (Wildman–Crippen LogP) is 1.15. The van der Waals surface area contributed by atoms with Crippen LogP contribution in [0.1, 0.15) is 33.6 Å². The standard InChI is InChI=1S/C14H24N2O4/c1-13(2,3)20-12(18)16-8-6-14(11(17)19-4)5-7-15-9-10(14)16/h10,15H,5-9H2,1-4H3/t10-,14+/m0/s1. The van der Waals surface area contributed by atoms with Crippen LogP contribution >= 0.6 is 0 Å². The van der Waals surface area contributed by atoms with E-state index in [0.717, 1.165) is 6.54 Å². The van der Waals surface area contributed by atoms with E-state index in [1.807, 2.05) is 20.8 Å². The van der Waals surface area contributed by atoms with Gasteiger partial charge in [0.05, 0.1) is 18.6 Å². The van der Waals surface area contributed by atoms with E-state index in [9.17, 15) is 9.59 Å². The Morgan fingerprint density at radius 2 is 2.00 bits per heavy atom. The van der Waals surface area contributed by atoms with Crippen LogP contribution in [-0.2, 0) is 14.3 Å². The van der Waals surface area contributed by atoms with Gasteiger partial charge in [-0.15, -0.1) is 0 Å². The second-order valence-corrected chi connectivity index (χ2v) is 6.54. The monoisotopic (exact) mass is 284 g/mol. The Bertz CT molecular complexity index is 404. The van der Waals surface area contributed by atoms with Crippen LogP contribution in [0, 0.1) is 5.41 Å². The summed E-state index contributed by atoms with van der Waals surface area (Å²) >= 11 is 0. The van der Waals surface area contributed by atoms with Gasteiger partial charge in [-0.05, 0) is 40.2 Å². The van der Waals surface area contributed by atoms with E-state index in [-0.39, 0.29) is 18.1 Å². The average molecular weight is 284 g/mol. The molecule has 0 radical (unpaired) electrons. The summed E-state index contributed by atoms with van der Waals surface area (Å²) in [5.74, 6) is -0.213. The average Bonchev–Trinajstić information content (AvgIpc) is 2.76. The first kappa shape index (κ1) is 15.1. The van der Waals surface area contributed by atoms with Crippen molar-refractivity contribution < 1.29 is 19.1 Å². The molecule has 2 aliphatic heterocycles. The van der Waals surface area contributed by atoms with E-state index < -0.39 is 11.0 Å². The van der Waals surface area contributed by atoms with Gasteiger partial charge in [-0.1, -0.05) is 0 Å². The molecule has 114 valence electrons. The number of esters is 1. The number of methoxy groups -OCH3 is 1. The molecule has 1 N–H and O–H groups in total. The summed E-state index contributed by atoms with van der Waals surface area (Å²) in [6, 6.07) is -0.182. The molecule has 0 spiro atoms. The minimum Gasteiger partial charge on any atom is -0.469 e. The second kappa shape index (κ2) is 5.24. The molecule has 2 saturated heterocycles. The molecule has 6 heteroatoms. The lowest BCUT2D eigenvalue weighted by atomic mass is 9.75. The third-order valence-corrected chi connectivity index (χ3v) is 4.12. The number of carbonyl (C=O) groups excluding carboxylic acids is 2. The van der Waals surface area contributed by atoms with Crippen LogP contribution in [-0.4, -0.2) is 55.3 Å². The molecule has 1 amide bonds. The SMILES string of the molecule is COC(=O)[C@@]12CCNC[C@@H]1N(C(=O)OC(C)(C)C)CC2. The molecular weight excluding hydrogens is 260 g/mol. The molecule has 6 nitrogen and oxygen atoms in total. The predicted molar refractivity (Wildman–Crippen MR) is 73.3 cm³/mol. The van der Waals surface area contributed by atoms with Crippen LogP contribution < -0.4 is 5.32 Å². The van der Waals surface area contributed by atoms with E-state index >= 15 is 0 Å². The minimum absolute atomic E-state index is 0.182. The number of likely N-dealkylation sites (tertiary alicyclic amines) is 1. The molecule has 2 rings (SSSR count). The Balaban J connectivity index is 2.18. The van der Waals surface area contributed by atoms with Crippen LogP contribution in [0.4, 0.5) is 4.79 Å². The van der Waals surface area contributed by atoms with Gasteiger partial charge in [-0.3, -0.25) is 4.79 Å². The van der Waals surface area contributed by atoms with Gasteiger partial charge in [0.15, 0.2) is 0 Å². The molecule has 20 heavy (non-hydrogen) atoms. The van der Waals surface area contributed by atoms with Gasteiger partial charge < -0.3 is 19.7 Å². The number of nitrogens with one attached hydrogen (secondary N) is 1. The largest absolute Gasteiger partial charge is 0.469 e. The molecule has 2 aliphatic rings. The van der Waals surface area contributed by atoms with Crippen LogP contribution in [0.2, 0.25) is 0 Å². The normalized spacial score (nSPS) is 29.8. The summed E-state index contributed by atoms with van der Waals surface area (Å²) in [7, 11) is 1.41. The third kappa shape index (κ3) is 2.61. The molecule has 0 aliphatic carbocycles. The van der Waals surface area contributed by atoms with Gasteiger partial charge in [0.1, 0.15) is 5.60 Å². The molecule has 0 unspecified atom stereocenters. The summed E-state index contributed by atoms with van der Waals surface area (Å²) < 4.78 is 10.4. The fraction of sp³-hybridized carbons (Fsp3) is 0.857. The summed E-state index contributed by atoms with van der Waals surface area (Å²) in [5, 5.41) is 3.25. The van der Waals surface area contributed by atoms with Crippen molar-refractivity contribution in [3.63, 3.8) is 0 Å². The molecule has 2 heterocycles. The molecule has 0 saturated carbocycles. The summed E-state index contributed by atoms with van der Waals surface area (Å²) in [5.41, 5.74) is -1.10. The van der Waals surface area contributed by atoms with Crippen LogP contribution in [0.5, 0.6) is 0 Å². The lowest BCUT2D eigenvalue weighted by molar-refractivity contribution is -0.155. The van der Waals surface area contributed by atoms with Gasteiger partial charge in [0.2, 0.25) is 0 Å². The molecule has 2 fully saturated rings. The zero-order valence-corrected chi connectivity index (χ0v) is 12.7. The first-order valence-electron chi connectivity index (χ1n) is 7.09. The number of fused-ring (bicyclic) bond motifs is 1. The lowest BCUT2D eigenvalue weighted by Crippen LogP contribution is -2.57. The number of carbonyl (C=O) groups is 2. The Morgan fingerprint density at radius 3 is 2.60 bits per heavy atom. The summed E-state index contributed by atoms with van der Waals surface area (Å²) in [4.78, 5) is 26.2. The van der Waals surface area contributed by atoms with Crippen molar-refractivity contribution in [1.29, 1.82) is 0 Å². The number of hydrogen-bond donors (Lipinski definition) is 1. The molecule has 0 aromatic carbocycles. The van der Waals surface area contributed by atoms with Gasteiger partial charge in [0, 0.05) is 13.1 Å². The first-order chi connectivity index (χ1) is 9.30. The zero-order chi connectivity index (χ0) is 15.0. The summed E-state index contributed by atoms with van der Waals surface area (Å²) in [6.07, 6.45) is 0.992. The van der Waals surface area contributed by atoms with Crippen molar-refractivity contribution >= 4 is 12.1 Å². The van der Waals surface area contributed by atoms with Gasteiger partial charge in [-0.2, -0.15) is 0 Å². The number of amides is 1. The Hall–Kier alpha value is -1.30. The Morgan fingerprint density at radius 1 is 1.30 bits per heavy atom. The molecular formula is C14H24N2O4. The number of nitrogens with zero attached hydrogens (tertiary/aromatic N) is 1. The van der Waals surface area contributed by atoms with E-state index in [1.54, 1.807) is 4.90 Å². The van der Waals surface area contributed by atoms with E-state index in [2.05, 4.69) is 5.32 Å². The molecule has 0 aromatic rings. The Labute approximate surface area is 119 Å². The first-order valence-corrected chi connectivity index (χ1v) is 7.09. The number of hydrogen-bond acceptors (Lipinski definition) is 5. The quantitative estimate of drug-likeness (QED) is 0.732. The van der Waals surface area contributed by atoms with Crippen molar-refractivity contribution in [2.24, 2.45) is 5.41 Å². The number of piperidine rings is 1. The highest BCUT2D eigenvalue weighted by molar-refractivity contribution is 5.81. The highest BCUT2D eigenvalue weighted by Crippen LogP contribution is 2.43. The Kier molecular flexibility index (Phi) is 3.95. The maximum Gasteiger partial charge on any atom is 0.410 e. The van der Waals surface area contributed by atoms with Gasteiger partial charge >= 0.3 is 12.1 Å². The van der Waals surface area contributed by atoms with Crippen molar-refractivity contribution in [3.05, 3.63) is 0 Å². The fourth-order valence-corrected chi connectivity index (χ4v) is 3.17. The topological polar surface area (TPSA) is 67.9 Å². The lowest BCUT2D eigenvalue weighted by Gasteiger charge is -2.39. The smallest absolute Gasteiger partial charge is 0.410 e. The second-order valence-electron chi connectivity index (χ2n) is 6.54. The number of rotatable bonds is 1. The van der Waals surface area contributed by atoms with Crippen molar-refractivity contribution in [2.75, 3.05) is 26.7 Å². The third-order valence-electron chi connectivity index (χ3n) is 4.12. The van der Waals surface area contributed by atoms with Crippen LogP contribution in [0.15, 0.2) is 0 Å². The van der Waals surface area contributed by atoms with Crippen molar-refractivity contribution in [1.82, 2.24) is 10.2 Å². The maximum absolute atomic E-state index is 12.3. The highest BCUT2D eigenvalue weighted by atomic mass is 16.6. The van der Waals surface area contributed by atoms with Gasteiger partial charge in [-0.25, -0.2) is 4.79 Å². The van der Waals surface area contributed by atoms with Crippen LogP contribution in [0.3, 0.4) is 0 Å². The van der Waals surface area contributed by atoms with E-state index in [1.165, 1.54) is 7.11 Å². The van der Waals surface area contributed by atoms with E-state index in [0.29, 0.717) is 25.9 Å². The maximum atomic E-state index is 12.3. The fourth-order valence-electron chi connectivity index (χ4n) is 3.17. The van der Waals surface area contributed by atoms with E-state index in [4.69, 9.17) is 9.47 Å². The summed E-state index contributed by atoms with van der Waals surface area (Å²) in [6.45, 7) is 7.44. The van der Waals surface area contributed by atoms with Crippen molar-refractivity contribution in [2.45, 2.75) is 45.3 Å². The molecule has 0 aromatic heterocycles.